The van der Waals surface area contributed by atoms with Crippen LogP contribution in [0.3, 0.4) is 0 Å². The van der Waals surface area contributed by atoms with Crippen molar-refractivity contribution in [3.8, 4) is 0 Å². The molecule has 4 atom stereocenters. The first kappa shape index (κ1) is 9.17. The van der Waals surface area contributed by atoms with E-state index in [1.165, 1.54) is 38.9 Å². The highest BCUT2D eigenvalue weighted by molar-refractivity contribution is 5.04. The highest BCUT2D eigenvalue weighted by atomic mass is 15.2. The molecule has 14 heavy (non-hydrogen) atoms. The molecule has 3 aliphatic rings. The minimum absolute atomic E-state index is 0.593. The van der Waals surface area contributed by atoms with E-state index in [9.17, 15) is 0 Å². The second-order valence-corrected chi connectivity index (χ2v) is 6.16. The number of hydrogen-bond donors (Lipinski definition) is 1. The molecule has 80 valence electrons. The van der Waals surface area contributed by atoms with E-state index in [4.69, 9.17) is 0 Å². The van der Waals surface area contributed by atoms with Crippen LogP contribution < -0.4 is 5.32 Å². The fourth-order valence-corrected chi connectivity index (χ4v) is 3.18. The lowest BCUT2D eigenvalue weighted by atomic mass is 9.94. The fourth-order valence-electron chi connectivity index (χ4n) is 3.18. The molecule has 0 spiro atoms. The van der Waals surface area contributed by atoms with Crippen LogP contribution in [0.25, 0.3) is 0 Å². The fraction of sp³-hybridized carbons (Fsp3) is 1.00. The minimum atomic E-state index is 0.593. The largest absolute Gasteiger partial charge is 0.310 e. The van der Waals surface area contributed by atoms with Crippen molar-refractivity contribution in [3.63, 3.8) is 0 Å². The van der Waals surface area contributed by atoms with Gasteiger partial charge >= 0.3 is 0 Å². The predicted molar refractivity (Wildman–Crippen MR) is 58.3 cm³/mol. The van der Waals surface area contributed by atoms with E-state index in [0.717, 1.165) is 18.0 Å². The van der Waals surface area contributed by atoms with Crippen LogP contribution in [0, 0.1) is 11.3 Å². The van der Waals surface area contributed by atoms with Gasteiger partial charge in [-0.2, -0.15) is 0 Å². The molecule has 0 aromatic heterocycles. The highest BCUT2D eigenvalue weighted by Gasteiger charge is 2.48. The summed E-state index contributed by atoms with van der Waals surface area (Å²) in [6, 6.07) is 1.65. The Bertz CT molecular complexity index is 236. The molecule has 2 nitrogen and oxygen atoms in total. The molecule has 1 N–H and O–H groups in total. The van der Waals surface area contributed by atoms with Gasteiger partial charge in [0, 0.05) is 18.6 Å². The molecule has 0 aromatic rings. The summed E-state index contributed by atoms with van der Waals surface area (Å²) in [5.41, 5.74) is 0.593. The minimum Gasteiger partial charge on any atom is -0.310 e. The summed E-state index contributed by atoms with van der Waals surface area (Å²) in [4.78, 5) is 2.63. The van der Waals surface area contributed by atoms with Crippen molar-refractivity contribution in [2.75, 3.05) is 19.6 Å². The Morgan fingerprint density at radius 3 is 2.64 bits per heavy atom. The van der Waals surface area contributed by atoms with E-state index < -0.39 is 0 Å². The molecule has 0 amide bonds. The molecule has 2 saturated heterocycles. The van der Waals surface area contributed by atoms with Gasteiger partial charge in [-0.25, -0.2) is 0 Å². The Hall–Kier alpha value is -0.0800. The normalized spacial score (nSPS) is 49.3. The second kappa shape index (κ2) is 2.96. The van der Waals surface area contributed by atoms with Gasteiger partial charge in [-0.3, -0.25) is 0 Å². The average molecular weight is 194 g/mol. The number of fused-ring (bicyclic) bond motifs is 2. The van der Waals surface area contributed by atoms with Crippen LogP contribution in [0.5, 0.6) is 0 Å². The van der Waals surface area contributed by atoms with Crippen molar-refractivity contribution in [2.24, 2.45) is 11.3 Å². The number of piperidine rings is 1. The molecule has 3 rings (SSSR count). The summed E-state index contributed by atoms with van der Waals surface area (Å²) in [7, 11) is 0. The van der Waals surface area contributed by atoms with E-state index in [2.05, 4.69) is 24.1 Å². The molecule has 1 saturated carbocycles. The van der Waals surface area contributed by atoms with E-state index in [1.807, 2.05) is 0 Å². The number of rotatable bonds is 2. The van der Waals surface area contributed by atoms with Gasteiger partial charge in [0.15, 0.2) is 0 Å². The van der Waals surface area contributed by atoms with Crippen LogP contribution in [-0.4, -0.2) is 36.6 Å². The molecular formula is C12H22N2. The van der Waals surface area contributed by atoms with E-state index in [1.54, 1.807) is 0 Å². The lowest BCUT2D eigenvalue weighted by Gasteiger charge is -2.31. The first-order valence-electron chi connectivity index (χ1n) is 6.13. The SMILES string of the molecule is CC1(C)CC1NC1CCN2CCC1C2. The van der Waals surface area contributed by atoms with Crippen molar-refractivity contribution in [1.29, 1.82) is 0 Å². The van der Waals surface area contributed by atoms with E-state index in [0.29, 0.717) is 5.41 Å². The van der Waals surface area contributed by atoms with Crippen molar-refractivity contribution in [3.05, 3.63) is 0 Å². The molecule has 2 heteroatoms. The van der Waals surface area contributed by atoms with Gasteiger partial charge in [0.05, 0.1) is 0 Å². The Labute approximate surface area is 87.0 Å². The van der Waals surface area contributed by atoms with Crippen LogP contribution in [0.2, 0.25) is 0 Å². The highest BCUT2D eigenvalue weighted by Crippen LogP contribution is 2.45. The summed E-state index contributed by atoms with van der Waals surface area (Å²) in [6.07, 6.45) is 4.21. The average Bonchev–Trinajstić information content (AvgIpc) is 2.60. The topological polar surface area (TPSA) is 15.3 Å². The first-order valence-corrected chi connectivity index (χ1v) is 6.13. The van der Waals surface area contributed by atoms with Crippen LogP contribution >= 0.6 is 0 Å². The number of nitrogens with one attached hydrogen (secondary N) is 1. The van der Waals surface area contributed by atoms with Crippen molar-refractivity contribution < 1.29 is 0 Å². The zero-order valence-electron chi connectivity index (χ0n) is 9.42. The molecule has 0 radical (unpaired) electrons. The maximum absolute atomic E-state index is 3.88. The van der Waals surface area contributed by atoms with Gasteiger partial charge in [0.1, 0.15) is 0 Å². The lowest BCUT2D eigenvalue weighted by molar-refractivity contribution is 0.216. The Balaban J connectivity index is 1.58. The van der Waals surface area contributed by atoms with Crippen molar-refractivity contribution in [1.82, 2.24) is 10.2 Å². The summed E-state index contributed by atoms with van der Waals surface area (Å²) in [6.45, 7) is 8.83. The van der Waals surface area contributed by atoms with Crippen LogP contribution in [-0.2, 0) is 0 Å². The summed E-state index contributed by atoms with van der Waals surface area (Å²) in [5, 5.41) is 3.88. The molecule has 2 aliphatic heterocycles. The van der Waals surface area contributed by atoms with Gasteiger partial charge < -0.3 is 10.2 Å². The zero-order valence-corrected chi connectivity index (χ0v) is 9.42. The second-order valence-electron chi connectivity index (χ2n) is 6.16. The monoisotopic (exact) mass is 194 g/mol. The maximum Gasteiger partial charge on any atom is 0.0127 e. The Kier molecular flexibility index (Phi) is 1.94. The molecule has 0 aromatic carbocycles. The summed E-state index contributed by atoms with van der Waals surface area (Å²) < 4.78 is 0. The van der Waals surface area contributed by atoms with Gasteiger partial charge in [-0.1, -0.05) is 13.8 Å². The molecule has 4 unspecified atom stereocenters. The third-order valence-corrected chi connectivity index (χ3v) is 4.56. The maximum atomic E-state index is 3.88. The van der Waals surface area contributed by atoms with Crippen LogP contribution in [0.1, 0.15) is 33.1 Å². The van der Waals surface area contributed by atoms with Gasteiger partial charge in [0.25, 0.3) is 0 Å². The quantitative estimate of drug-likeness (QED) is 0.716. The molecule has 2 heterocycles. The van der Waals surface area contributed by atoms with Gasteiger partial charge in [-0.05, 0) is 43.7 Å². The van der Waals surface area contributed by atoms with E-state index in [-0.39, 0.29) is 0 Å². The lowest BCUT2D eigenvalue weighted by Crippen LogP contribution is -2.45. The third kappa shape index (κ3) is 1.49. The van der Waals surface area contributed by atoms with Crippen molar-refractivity contribution >= 4 is 0 Å². The Morgan fingerprint density at radius 2 is 1.93 bits per heavy atom. The Morgan fingerprint density at radius 1 is 1.21 bits per heavy atom. The van der Waals surface area contributed by atoms with Crippen LogP contribution in [0.15, 0.2) is 0 Å². The molecular weight excluding hydrogens is 172 g/mol. The van der Waals surface area contributed by atoms with Crippen LogP contribution in [0.4, 0.5) is 0 Å². The zero-order chi connectivity index (χ0) is 9.76. The number of nitrogens with zero attached hydrogens (tertiary/aromatic N) is 1. The smallest absolute Gasteiger partial charge is 0.0127 e. The molecule has 1 aliphatic carbocycles. The molecule has 2 bridgehead atoms. The number of hydrogen-bond acceptors (Lipinski definition) is 2. The molecule has 3 fully saturated rings. The van der Waals surface area contributed by atoms with Gasteiger partial charge in [-0.15, -0.1) is 0 Å². The summed E-state index contributed by atoms with van der Waals surface area (Å²) in [5.74, 6) is 0.958. The first-order chi connectivity index (χ1) is 6.65. The summed E-state index contributed by atoms with van der Waals surface area (Å²) >= 11 is 0. The van der Waals surface area contributed by atoms with Gasteiger partial charge in [0.2, 0.25) is 0 Å². The third-order valence-electron chi connectivity index (χ3n) is 4.56. The predicted octanol–water partition coefficient (Wildman–Crippen LogP) is 1.47. The van der Waals surface area contributed by atoms with E-state index >= 15 is 0 Å². The van der Waals surface area contributed by atoms with Crippen molar-refractivity contribution in [2.45, 2.75) is 45.2 Å². The standard InChI is InChI=1S/C12H22N2/c1-12(2)7-11(12)13-10-4-6-14-5-3-9(10)8-14/h9-11,13H,3-8H2,1-2H3.